The zero-order valence-electron chi connectivity index (χ0n) is 11.4. The minimum atomic E-state index is -5.80. The monoisotopic (exact) mass is 295 g/mol. The Hall–Kier alpha value is -0.500. The molecule has 0 aliphatic rings. The summed E-state index contributed by atoms with van der Waals surface area (Å²) in [6.07, 6.45) is -11.6. The molecule has 1 unspecified atom stereocenters. The van der Waals surface area contributed by atoms with Crippen molar-refractivity contribution in [1.29, 1.82) is 0 Å². The van der Waals surface area contributed by atoms with Crippen LogP contribution in [0.2, 0.25) is 0 Å². The van der Waals surface area contributed by atoms with Crippen LogP contribution in [0.5, 0.6) is 0 Å². The van der Waals surface area contributed by atoms with Crippen LogP contribution in [-0.4, -0.2) is 46.1 Å². The molecule has 0 amide bonds. The van der Waals surface area contributed by atoms with E-state index in [1.54, 1.807) is 0 Å². The van der Waals surface area contributed by atoms with Gasteiger partial charge in [0.05, 0.1) is 6.04 Å². The molecule has 19 heavy (non-hydrogen) atoms. The van der Waals surface area contributed by atoms with E-state index in [1.807, 2.05) is 0 Å². The van der Waals surface area contributed by atoms with Gasteiger partial charge in [0.1, 0.15) is 0 Å². The van der Waals surface area contributed by atoms with Crippen molar-refractivity contribution >= 4 is 0 Å². The number of hydrogen-bond acceptors (Lipinski definition) is 2. The highest BCUT2D eigenvalue weighted by Crippen LogP contribution is 2.47. The van der Waals surface area contributed by atoms with Crippen molar-refractivity contribution in [3.05, 3.63) is 0 Å². The third kappa shape index (κ3) is 3.34. The minimum Gasteiger partial charge on any atom is -0.372 e. The fraction of sp³-hybridized carbons (Fsp3) is 1.00. The van der Waals surface area contributed by atoms with Gasteiger partial charge in [0, 0.05) is 12.1 Å². The van der Waals surface area contributed by atoms with Gasteiger partial charge in [0.2, 0.25) is 0 Å². The summed E-state index contributed by atoms with van der Waals surface area (Å²) in [5, 5.41) is 9.33. The number of nitrogens with zero attached hydrogens (tertiary/aromatic N) is 1. The van der Waals surface area contributed by atoms with E-state index >= 15 is 0 Å². The van der Waals surface area contributed by atoms with Gasteiger partial charge in [-0.25, -0.2) is 0 Å². The first-order valence-corrected chi connectivity index (χ1v) is 5.81. The summed E-state index contributed by atoms with van der Waals surface area (Å²) in [7, 11) is 0. The second kappa shape index (κ2) is 5.47. The number of aliphatic hydroxyl groups is 1. The van der Waals surface area contributed by atoms with E-state index < -0.39 is 36.1 Å². The lowest BCUT2D eigenvalue weighted by Gasteiger charge is -2.45. The van der Waals surface area contributed by atoms with Crippen LogP contribution in [0, 0.1) is 0 Å². The summed E-state index contributed by atoms with van der Waals surface area (Å²) in [6.45, 7) is 6.64. The summed E-state index contributed by atoms with van der Waals surface area (Å²) in [5.41, 5.74) is -4.76. The third-order valence-electron chi connectivity index (χ3n) is 3.11. The van der Waals surface area contributed by atoms with Gasteiger partial charge >= 0.3 is 12.4 Å². The van der Waals surface area contributed by atoms with Crippen molar-refractivity contribution in [2.45, 2.75) is 70.7 Å². The zero-order chi connectivity index (χ0) is 15.8. The molecule has 1 atom stereocenters. The summed E-state index contributed by atoms with van der Waals surface area (Å²) in [5.74, 6) is 0. The molecule has 0 rings (SSSR count). The fourth-order valence-electron chi connectivity index (χ4n) is 2.34. The van der Waals surface area contributed by atoms with Crippen LogP contribution in [0.3, 0.4) is 0 Å². The van der Waals surface area contributed by atoms with Crippen molar-refractivity contribution in [2.75, 3.05) is 0 Å². The van der Waals surface area contributed by atoms with Gasteiger partial charge in [-0.15, -0.1) is 0 Å². The molecule has 0 spiro atoms. The molecule has 0 aliphatic carbocycles. The van der Waals surface area contributed by atoms with Crippen molar-refractivity contribution < 1.29 is 31.4 Å². The smallest absolute Gasteiger partial charge is 0.372 e. The minimum absolute atomic E-state index is 0.578. The summed E-state index contributed by atoms with van der Waals surface area (Å²) in [6, 6.07) is -3.30. The van der Waals surface area contributed by atoms with E-state index in [1.165, 1.54) is 27.7 Å². The van der Waals surface area contributed by atoms with E-state index in [0.717, 1.165) is 11.8 Å². The highest BCUT2D eigenvalue weighted by atomic mass is 19.4. The predicted molar refractivity (Wildman–Crippen MR) is 58.6 cm³/mol. The van der Waals surface area contributed by atoms with E-state index in [-0.39, 0.29) is 0 Å². The Bertz CT molecular complexity index is 275. The molecule has 0 saturated heterocycles. The quantitative estimate of drug-likeness (QED) is 0.804. The van der Waals surface area contributed by atoms with Gasteiger partial charge < -0.3 is 5.11 Å². The molecular weight excluding hydrogens is 276 g/mol. The van der Waals surface area contributed by atoms with Crippen molar-refractivity contribution in [3.8, 4) is 0 Å². The summed E-state index contributed by atoms with van der Waals surface area (Å²) < 4.78 is 76.4. The molecule has 116 valence electrons. The SMILES string of the molecule is CC(C)N(C(C)C)C(C)C(O)(C(F)(F)F)C(F)(F)F. The topological polar surface area (TPSA) is 23.5 Å². The maximum absolute atomic E-state index is 12.7. The van der Waals surface area contributed by atoms with Crippen LogP contribution in [0.25, 0.3) is 0 Å². The predicted octanol–water partition coefficient (Wildman–Crippen LogP) is 3.35. The Morgan fingerprint density at radius 3 is 1.16 bits per heavy atom. The molecule has 0 radical (unpaired) electrons. The van der Waals surface area contributed by atoms with Crippen molar-refractivity contribution in [1.82, 2.24) is 4.90 Å². The van der Waals surface area contributed by atoms with Gasteiger partial charge in [-0.1, -0.05) is 0 Å². The van der Waals surface area contributed by atoms with Crippen LogP contribution in [0.15, 0.2) is 0 Å². The first-order valence-electron chi connectivity index (χ1n) is 5.81. The van der Waals surface area contributed by atoms with Crippen LogP contribution in [-0.2, 0) is 0 Å². The van der Waals surface area contributed by atoms with Gasteiger partial charge in [-0.3, -0.25) is 4.90 Å². The lowest BCUT2D eigenvalue weighted by atomic mass is 9.90. The van der Waals surface area contributed by atoms with Gasteiger partial charge in [0.15, 0.2) is 0 Å². The molecule has 0 fully saturated rings. The lowest BCUT2D eigenvalue weighted by Crippen LogP contribution is -2.69. The zero-order valence-corrected chi connectivity index (χ0v) is 11.4. The molecular formula is C11H19F6NO. The Morgan fingerprint density at radius 1 is 0.737 bits per heavy atom. The second-order valence-electron chi connectivity index (χ2n) is 5.07. The molecule has 8 heteroatoms. The molecule has 0 saturated carbocycles. The van der Waals surface area contributed by atoms with E-state index in [2.05, 4.69) is 0 Å². The molecule has 2 nitrogen and oxygen atoms in total. The Kier molecular flexibility index (Phi) is 5.33. The fourth-order valence-corrected chi connectivity index (χ4v) is 2.34. The Labute approximate surface area is 108 Å². The number of hydrogen-bond donors (Lipinski definition) is 1. The summed E-state index contributed by atoms with van der Waals surface area (Å²) in [4.78, 5) is 0.987. The average molecular weight is 295 g/mol. The maximum atomic E-state index is 12.7. The highest BCUT2D eigenvalue weighted by Gasteiger charge is 2.74. The Balaban J connectivity index is 5.78. The normalized spacial score (nSPS) is 16.6. The lowest BCUT2D eigenvalue weighted by molar-refractivity contribution is -0.384. The van der Waals surface area contributed by atoms with Gasteiger partial charge in [0.25, 0.3) is 5.60 Å². The van der Waals surface area contributed by atoms with Crippen molar-refractivity contribution in [3.63, 3.8) is 0 Å². The molecule has 0 aromatic rings. The second-order valence-corrected chi connectivity index (χ2v) is 5.07. The first kappa shape index (κ1) is 18.5. The molecule has 0 aromatic heterocycles. The largest absolute Gasteiger partial charge is 0.427 e. The molecule has 0 aromatic carbocycles. The summed E-state index contributed by atoms with van der Waals surface area (Å²) >= 11 is 0. The van der Waals surface area contributed by atoms with Crippen molar-refractivity contribution in [2.24, 2.45) is 0 Å². The van der Waals surface area contributed by atoms with E-state index in [0.29, 0.717) is 0 Å². The molecule has 1 N–H and O–H groups in total. The van der Waals surface area contributed by atoms with Crippen LogP contribution >= 0.6 is 0 Å². The number of alkyl halides is 6. The third-order valence-corrected chi connectivity index (χ3v) is 3.11. The molecule has 0 bridgehead atoms. The first-order chi connectivity index (χ1) is 8.18. The van der Waals surface area contributed by atoms with Crippen LogP contribution < -0.4 is 0 Å². The number of halogens is 6. The molecule has 0 heterocycles. The standard InChI is InChI=1S/C11H19F6NO/c1-6(2)18(7(3)4)8(5)9(19,10(12,13)14)11(15,16)17/h6-8,19H,1-5H3. The highest BCUT2D eigenvalue weighted by molar-refractivity contribution is 5.03. The van der Waals surface area contributed by atoms with Gasteiger partial charge in [-0.05, 0) is 34.6 Å². The number of rotatable bonds is 4. The molecule has 0 aliphatic heterocycles. The maximum Gasteiger partial charge on any atom is 0.427 e. The van der Waals surface area contributed by atoms with Gasteiger partial charge in [-0.2, -0.15) is 26.3 Å². The van der Waals surface area contributed by atoms with E-state index in [9.17, 15) is 31.4 Å². The average Bonchev–Trinajstić information content (AvgIpc) is 2.11. The van der Waals surface area contributed by atoms with Crippen LogP contribution in [0.1, 0.15) is 34.6 Å². The van der Waals surface area contributed by atoms with E-state index in [4.69, 9.17) is 0 Å². The van der Waals surface area contributed by atoms with Crippen LogP contribution in [0.4, 0.5) is 26.3 Å². The Morgan fingerprint density at radius 2 is 1.00 bits per heavy atom.